The Hall–Kier alpha value is -3.14. The Labute approximate surface area is 195 Å². The SMILES string of the molecule is CC[C@H](C(=O)N[C@H](C)c1cc(C)c(C)cc1C)N(c1cc([N+](=O)[O-])ccc1OC)S(C)(=O)=O. The monoisotopic (exact) mass is 477 g/mol. The Bertz CT molecular complexity index is 1160. The molecule has 0 bridgehead atoms. The number of hydrogen-bond acceptors (Lipinski definition) is 6. The van der Waals surface area contributed by atoms with Crippen LogP contribution in [0.3, 0.4) is 0 Å². The zero-order chi connectivity index (χ0) is 25.1. The molecule has 2 rings (SSSR count). The van der Waals surface area contributed by atoms with E-state index in [4.69, 9.17) is 4.74 Å². The van der Waals surface area contributed by atoms with E-state index in [1.807, 2.05) is 39.8 Å². The fraction of sp³-hybridized carbons (Fsp3) is 0.435. The number of nitro benzene ring substituents is 1. The summed E-state index contributed by atoms with van der Waals surface area (Å²) in [5.41, 5.74) is 3.80. The Kier molecular flexibility index (Phi) is 8.07. The largest absolute Gasteiger partial charge is 0.495 e. The van der Waals surface area contributed by atoms with Gasteiger partial charge in [0.05, 0.1) is 24.3 Å². The van der Waals surface area contributed by atoms with E-state index in [0.717, 1.165) is 38.9 Å². The Morgan fingerprint density at radius 3 is 2.27 bits per heavy atom. The average Bonchev–Trinajstić information content (AvgIpc) is 2.72. The highest BCUT2D eigenvalue weighted by atomic mass is 32.2. The second kappa shape index (κ2) is 10.2. The minimum atomic E-state index is -4.00. The lowest BCUT2D eigenvalue weighted by Crippen LogP contribution is -2.50. The minimum Gasteiger partial charge on any atom is -0.495 e. The van der Waals surface area contributed by atoms with E-state index < -0.39 is 26.9 Å². The molecule has 0 aliphatic carbocycles. The van der Waals surface area contributed by atoms with Crippen LogP contribution < -0.4 is 14.4 Å². The Morgan fingerprint density at radius 2 is 1.76 bits per heavy atom. The number of nitro groups is 1. The van der Waals surface area contributed by atoms with E-state index in [2.05, 4.69) is 5.32 Å². The van der Waals surface area contributed by atoms with E-state index in [9.17, 15) is 23.3 Å². The molecule has 0 aromatic heterocycles. The second-order valence-electron chi connectivity index (χ2n) is 8.12. The fourth-order valence-corrected chi connectivity index (χ4v) is 5.04. The normalized spacial score (nSPS) is 13.2. The second-order valence-corrected chi connectivity index (χ2v) is 9.98. The van der Waals surface area contributed by atoms with Crippen LogP contribution in [0.5, 0.6) is 5.75 Å². The molecule has 0 unspecified atom stereocenters. The first kappa shape index (κ1) is 26.1. The van der Waals surface area contributed by atoms with E-state index >= 15 is 0 Å². The van der Waals surface area contributed by atoms with Crippen molar-refractivity contribution in [3.8, 4) is 5.75 Å². The molecule has 0 aliphatic heterocycles. The third kappa shape index (κ3) is 5.81. The zero-order valence-corrected chi connectivity index (χ0v) is 20.8. The molecule has 0 fully saturated rings. The van der Waals surface area contributed by atoms with Crippen molar-refractivity contribution in [3.63, 3.8) is 0 Å². The highest BCUT2D eigenvalue weighted by Crippen LogP contribution is 2.36. The van der Waals surface area contributed by atoms with Gasteiger partial charge in [0, 0.05) is 12.1 Å². The van der Waals surface area contributed by atoms with Crippen LogP contribution in [-0.2, 0) is 14.8 Å². The minimum absolute atomic E-state index is 0.0637. The predicted molar refractivity (Wildman–Crippen MR) is 128 cm³/mol. The van der Waals surface area contributed by atoms with Crippen LogP contribution in [0.1, 0.15) is 48.6 Å². The van der Waals surface area contributed by atoms with Crippen molar-refractivity contribution in [3.05, 3.63) is 62.7 Å². The maximum Gasteiger partial charge on any atom is 0.271 e. The maximum absolute atomic E-state index is 13.3. The summed E-state index contributed by atoms with van der Waals surface area (Å²) in [5.74, 6) is -0.406. The number of sulfonamides is 1. The number of carbonyl (C=O) groups is 1. The van der Waals surface area contributed by atoms with Gasteiger partial charge in [-0.25, -0.2) is 8.42 Å². The molecule has 9 nitrogen and oxygen atoms in total. The quantitative estimate of drug-likeness (QED) is 0.431. The number of rotatable bonds is 9. The van der Waals surface area contributed by atoms with Gasteiger partial charge in [0.25, 0.3) is 5.69 Å². The van der Waals surface area contributed by atoms with E-state index in [0.29, 0.717) is 0 Å². The fourth-order valence-electron chi connectivity index (χ4n) is 3.84. The number of non-ortho nitro benzene ring substituents is 1. The van der Waals surface area contributed by atoms with Crippen molar-refractivity contribution in [2.45, 2.75) is 53.1 Å². The smallest absolute Gasteiger partial charge is 0.271 e. The van der Waals surface area contributed by atoms with Crippen molar-refractivity contribution in [1.82, 2.24) is 5.32 Å². The number of aryl methyl sites for hydroxylation is 3. The van der Waals surface area contributed by atoms with Gasteiger partial charge in [0.15, 0.2) is 0 Å². The molecule has 180 valence electrons. The topological polar surface area (TPSA) is 119 Å². The molecule has 0 radical (unpaired) electrons. The summed E-state index contributed by atoms with van der Waals surface area (Å²) in [6, 6.07) is 6.18. The molecular formula is C23H31N3O6S. The standard InChI is InChI=1S/C23H31N3O6S/c1-8-20(23(27)24-17(5)19-12-15(3)14(2)11-16(19)4)25(33(7,30)31)21-13-18(26(28)29)9-10-22(21)32-6/h9-13,17,20H,8H2,1-7H3,(H,24,27)/t17-,20-/m1/s1. The molecule has 2 atom stereocenters. The lowest BCUT2D eigenvalue weighted by Gasteiger charge is -2.32. The number of nitrogens with one attached hydrogen (secondary N) is 1. The highest BCUT2D eigenvalue weighted by molar-refractivity contribution is 7.92. The summed E-state index contributed by atoms with van der Waals surface area (Å²) < 4.78 is 31.8. The number of nitrogens with zero attached hydrogens (tertiary/aromatic N) is 2. The van der Waals surface area contributed by atoms with Gasteiger partial charge in [-0.3, -0.25) is 19.2 Å². The van der Waals surface area contributed by atoms with Crippen LogP contribution in [0.2, 0.25) is 0 Å². The molecular weight excluding hydrogens is 446 g/mol. The van der Waals surface area contributed by atoms with Crippen molar-refractivity contribution in [2.24, 2.45) is 0 Å². The van der Waals surface area contributed by atoms with E-state index in [1.165, 1.54) is 19.2 Å². The highest BCUT2D eigenvalue weighted by Gasteiger charge is 2.35. The maximum atomic E-state index is 13.3. The Morgan fingerprint density at radius 1 is 1.15 bits per heavy atom. The van der Waals surface area contributed by atoms with Crippen LogP contribution in [-0.4, -0.2) is 38.7 Å². The lowest BCUT2D eigenvalue weighted by molar-refractivity contribution is -0.384. The van der Waals surface area contributed by atoms with Gasteiger partial charge in [-0.2, -0.15) is 0 Å². The average molecular weight is 478 g/mol. The van der Waals surface area contributed by atoms with E-state index in [-0.39, 0.29) is 29.6 Å². The molecule has 10 heteroatoms. The summed E-state index contributed by atoms with van der Waals surface area (Å²) in [4.78, 5) is 24.0. The summed E-state index contributed by atoms with van der Waals surface area (Å²) in [6.07, 6.45) is 1.10. The molecule has 1 amide bonds. The summed E-state index contributed by atoms with van der Waals surface area (Å²) in [5, 5.41) is 14.2. The van der Waals surface area contributed by atoms with Gasteiger partial charge in [-0.1, -0.05) is 19.1 Å². The van der Waals surface area contributed by atoms with Crippen LogP contribution in [0, 0.1) is 30.9 Å². The Balaban J connectivity index is 2.50. The van der Waals surface area contributed by atoms with Gasteiger partial charge in [0.2, 0.25) is 15.9 Å². The summed E-state index contributed by atoms with van der Waals surface area (Å²) in [6.45, 7) is 9.47. The third-order valence-electron chi connectivity index (χ3n) is 5.65. The van der Waals surface area contributed by atoms with Crippen LogP contribution >= 0.6 is 0 Å². The van der Waals surface area contributed by atoms with Crippen LogP contribution in [0.15, 0.2) is 30.3 Å². The molecule has 0 spiro atoms. The molecule has 0 heterocycles. The molecule has 0 saturated heterocycles. The van der Waals surface area contributed by atoms with Crippen molar-refractivity contribution in [2.75, 3.05) is 17.7 Å². The van der Waals surface area contributed by atoms with Gasteiger partial charge in [-0.15, -0.1) is 0 Å². The van der Waals surface area contributed by atoms with Crippen LogP contribution in [0.25, 0.3) is 0 Å². The summed E-state index contributed by atoms with van der Waals surface area (Å²) in [7, 11) is -2.67. The molecule has 0 saturated carbocycles. The lowest BCUT2D eigenvalue weighted by atomic mass is 9.96. The van der Waals surface area contributed by atoms with Crippen molar-refractivity contribution < 1.29 is 22.9 Å². The van der Waals surface area contributed by atoms with Crippen LogP contribution in [0.4, 0.5) is 11.4 Å². The zero-order valence-electron chi connectivity index (χ0n) is 20.0. The molecule has 1 N–H and O–H groups in total. The first-order valence-corrected chi connectivity index (χ1v) is 12.4. The van der Waals surface area contributed by atoms with Gasteiger partial charge >= 0.3 is 0 Å². The number of amides is 1. The van der Waals surface area contributed by atoms with Crippen molar-refractivity contribution in [1.29, 1.82) is 0 Å². The van der Waals surface area contributed by atoms with Gasteiger partial charge < -0.3 is 10.1 Å². The number of methoxy groups -OCH3 is 1. The predicted octanol–water partition coefficient (Wildman–Crippen LogP) is 3.95. The van der Waals surface area contributed by atoms with Gasteiger partial charge in [0.1, 0.15) is 17.5 Å². The summed E-state index contributed by atoms with van der Waals surface area (Å²) >= 11 is 0. The number of ether oxygens (including phenoxy) is 1. The molecule has 0 aliphatic rings. The number of benzene rings is 2. The first-order valence-electron chi connectivity index (χ1n) is 10.5. The number of hydrogen-bond donors (Lipinski definition) is 1. The molecule has 33 heavy (non-hydrogen) atoms. The van der Waals surface area contributed by atoms with E-state index in [1.54, 1.807) is 6.92 Å². The number of carbonyl (C=O) groups excluding carboxylic acids is 1. The molecule has 2 aromatic carbocycles. The van der Waals surface area contributed by atoms with Gasteiger partial charge in [-0.05, 0) is 62.4 Å². The van der Waals surface area contributed by atoms with Crippen molar-refractivity contribution >= 4 is 27.3 Å². The third-order valence-corrected chi connectivity index (χ3v) is 6.81. The first-order chi connectivity index (χ1) is 15.3. The molecule has 2 aromatic rings. The number of anilines is 1.